The Morgan fingerprint density at radius 2 is 1.27 bits per heavy atom. The molecule has 0 radical (unpaired) electrons. The van der Waals surface area contributed by atoms with Gasteiger partial charge in [0.2, 0.25) is 0 Å². The van der Waals surface area contributed by atoms with Crippen LogP contribution in [-0.4, -0.2) is 28.6 Å². The second-order valence-electron chi connectivity index (χ2n) is 2.42. The minimum Gasteiger partial charge on any atom is -0.550 e. The molecule has 0 aliphatic heterocycles. The predicted octanol–water partition coefficient (Wildman–Crippen LogP) is -5.09. The van der Waals surface area contributed by atoms with E-state index in [2.05, 4.69) is 0 Å². The number of aliphatic carboxylic acids is 3. The third-order valence-electron chi connectivity index (χ3n) is 1.25. The van der Waals surface area contributed by atoms with Gasteiger partial charge >= 0.3 is 0 Å². The van der Waals surface area contributed by atoms with E-state index in [9.17, 15) is 29.7 Å². The molecule has 0 heterocycles. The first-order valence-corrected chi connectivity index (χ1v) is 3.11. The van der Waals surface area contributed by atoms with Crippen LogP contribution < -0.4 is 21.5 Å². The van der Waals surface area contributed by atoms with Crippen LogP contribution in [0.1, 0.15) is 12.8 Å². The van der Waals surface area contributed by atoms with Crippen LogP contribution in [0.3, 0.4) is 0 Å². The molecule has 0 atom stereocenters. The second-order valence-corrected chi connectivity index (χ2v) is 2.42. The molecule has 8 nitrogen and oxygen atoms in total. The summed E-state index contributed by atoms with van der Waals surface area (Å²) in [6.45, 7) is 0. The van der Waals surface area contributed by atoms with E-state index >= 15 is 0 Å². The van der Waals surface area contributed by atoms with E-state index in [0.29, 0.717) is 0 Å². The van der Waals surface area contributed by atoms with Gasteiger partial charge in [0.05, 0.1) is 5.97 Å². The van der Waals surface area contributed by atoms with E-state index in [-0.39, 0.29) is 23.2 Å². The van der Waals surface area contributed by atoms with Crippen molar-refractivity contribution in [3.05, 3.63) is 0 Å². The third kappa shape index (κ3) is 6.86. The monoisotopic (exact) mass is 262 g/mol. The number of carbonyl (C=O) groups excluding carboxylic acids is 3. The summed E-state index contributed by atoms with van der Waals surface area (Å²) in [6, 6.07) is 0. The largest absolute Gasteiger partial charge is 0.550 e. The summed E-state index contributed by atoms with van der Waals surface area (Å²) in [7, 11) is 0. The van der Waals surface area contributed by atoms with Crippen molar-refractivity contribution in [2.75, 3.05) is 0 Å². The molecule has 0 amide bonds. The number of aliphatic hydroxyl groups is 1. The Balaban J connectivity index is -0.000000720. The molecule has 0 unspecified atom stereocenters. The van der Waals surface area contributed by atoms with Crippen LogP contribution in [0.15, 0.2) is 0 Å². The molecule has 9 heteroatoms. The van der Waals surface area contributed by atoms with Gasteiger partial charge in [-0.15, -0.1) is 0 Å². The van der Waals surface area contributed by atoms with Gasteiger partial charge in [-0.3, -0.25) is 0 Å². The van der Waals surface area contributed by atoms with Gasteiger partial charge in [0, 0.05) is 41.8 Å². The molecule has 0 aromatic rings. The van der Waals surface area contributed by atoms with Crippen LogP contribution in [0.25, 0.3) is 0 Å². The summed E-state index contributed by atoms with van der Waals surface area (Å²) >= 11 is 0. The molecule has 90 valence electrons. The number of hydrogen-bond donors (Lipinski definition) is 2. The average molecular weight is 262 g/mol. The van der Waals surface area contributed by atoms with E-state index in [1.54, 1.807) is 0 Å². The number of carboxylic acids is 3. The van der Waals surface area contributed by atoms with Gasteiger partial charge in [0.1, 0.15) is 5.60 Å². The topological polar surface area (TPSA) is 176 Å². The molecule has 4 N–H and O–H groups in total. The quantitative estimate of drug-likeness (QED) is 0.462. The fraction of sp³-hybridized carbons (Fsp3) is 0.500. The Kier molecular flexibility index (Phi) is 9.30. The van der Waals surface area contributed by atoms with Gasteiger partial charge in [0.25, 0.3) is 0 Å². The first-order valence-electron chi connectivity index (χ1n) is 3.11. The SMILES string of the molecule is N.O=C([O-])CC(O)(CC(=O)[O-])C(=O)[O-].[Fe]. The van der Waals surface area contributed by atoms with Crippen LogP contribution in [-0.2, 0) is 31.5 Å². The molecule has 0 saturated heterocycles. The fourth-order valence-corrected chi connectivity index (χ4v) is 0.684. The molecule has 0 saturated carbocycles. The van der Waals surface area contributed by atoms with Crippen molar-refractivity contribution in [3.63, 3.8) is 0 Å². The molecule has 15 heavy (non-hydrogen) atoms. The molecular formula is C6H8FeNO7-3. The summed E-state index contributed by atoms with van der Waals surface area (Å²) in [5.41, 5.74) is -2.97. The van der Waals surface area contributed by atoms with Crippen molar-refractivity contribution in [3.8, 4) is 0 Å². The Bertz CT molecular complexity index is 238. The molecule has 0 fully saturated rings. The first-order chi connectivity index (χ1) is 5.78. The van der Waals surface area contributed by atoms with Gasteiger partial charge in [-0.1, -0.05) is 0 Å². The van der Waals surface area contributed by atoms with Crippen molar-refractivity contribution in [2.24, 2.45) is 0 Å². The van der Waals surface area contributed by atoms with Gasteiger partial charge in [0.15, 0.2) is 0 Å². The van der Waals surface area contributed by atoms with Crippen molar-refractivity contribution >= 4 is 17.9 Å². The van der Waals surface area contributed by atoms with E-state index in [1.807, 2.05) is 0 Å². The summed E-state index contributed by atoms with van der Waals surface area (Å²) in [5.74, 6) is -5.98. The number of rotatable bonds is 5. The average Bonchev–Trinajstić information content (AvgIpc) is 1.82. The number of hydrogen-bond acceptors (Lipinski definition) is 8. The first kappa shape index (κ1) is 19.4. The van der Waals surface area contributed by atoms with Gasteiger partial charge in [-0.05, 0) is 0 Å². The number of carbonyl (C=O) groups is 3. The maximum Gasteiger partial charge on any atom is 0.114 e. The molecule has 0 aliphatic carbocycles. The van der Waals surface area contributed by atoms with E-state index < -0.39 is 36.4 Å². The van der Waals surface area contributed by atoms with Crippen molar-refractivity contribution in [2.45, 2.75) is 18.4 Å². The minimum absolute atomic E-state index is 0. The summed E-state index contributed by atoms with van der Waals surface area (Å²) in [4.78, 5) is 30.0. The minimum atomic E-state index is -2.97. The van der Waals surface area contributed by atoms with E-state index in [1.165, 1.54) is 0 Å². The van der Waals surface area contributed by atoms with Gasteiger partial charge in [-0.2, -0.15) is 0 Å². The molecule has 0 aliphatic rings. The summed E-state index contributed by atoms with van der Waals surface area (Å²) < 4.78 is 0. The Labute approximate surface area is 95.0 Å². The molecule has 0 aromatic heterocycles. The maximum atomic E-state index is 10.1. The zero-order valence-corrected chi connectivity index (χ0v) is 8.48. The molecule has 0 rings (SSSR count). The molecule has 0 bridgehead atoms. The zero-order chi connectivity index (χ0) is 10.6. The zero-order valence-electron chi connectivity index (χ0n) is 7.37. The van der Waals surface area contributed by atoms with E-state index in [0.717, 1.165) is 0 Å². The van der Waals surface area contributed by atoms with Crippen molar-refractivity contribution in [1.82, 2.24) is 6.15 Å². The van der Waals surface area contributed by atoms with Gasteiger partial charge < -0.3 is 41.0 Å². The van der Waals surface area contributed by atoms with Crippen LogP contribution in [0.2, 0.25) is 0 Å². The third-order valence-corrected chi connectivity index (χ3v) is 1.25. The Morgan fingerprint density at radius 1 is 1.00 bits per heavy atom. The molecule has 0 aromatic carbocycles. The summed E-state index contributed by atoms with van der Waals surface area (Å²) in [5, 5.41) is 38.9. The molecule has 0 spiro atoms. The van der Waals surface area contributed by atoms with Crippen LogP contribution in [0, 0.1) is 0 Å². The number of carboxylic acid groups (broad SMARTS) is 3. The van der Waals surface area contributed by atoms with E-state index in [4.69, 9.17) is 5.11 Å². The maximum absolute atomic E-state index is 10.1. The fourth-order valence-electron chi connectivity index (χ4n) is 0.684. The normalized spacial score (nSPS) is 9.40. The standard InChI is InChI=1S/C6H8O7.Fe.H3N/c7-3(8)1-6(13,5(11)12)2-4(9)10;;/h13H,1-2H2,(H,7,8)(H,9,10)(H,11,12);;1H3/p-3. The van der Waals surface area contributed by atoms with Crippen molar-refractivity contribution in [1.29, 1.82) is 0 Å². The van der Waals surface area contributed by atoms with Gasteiger partial charge in [-0.25, -0.2) is 0 Å². The van der Waals surface area contributed by atoms with Crippen molar-refractivity contribution < 1.29 is 51.9 Å². The Hall–Kier alpha value is -1.15. The summed E-state index contributed by atoms with van der Waals surface area (Å²) in [6.07, 6.45) is -2.72. The predicted molar refractivity (Wildman–Crippen MR) is 34.2 cm³/mol. The smallest absolute Gasteiger partial charge is 0.114 e. The van der Waals surface area contributed by atoms with Crippen LogP contribution >= 0.6 is 0 Å². The van der Waals surface area contributed by atoms with Crippen LogP contribution in [0.4, 0.5) is 0 Å². The second kappa shape index (κ2) is 7.18. The molecular weight excluding hydrogens is 254 g/mol. The van der Waals surface area contributed by atoms with Crippen LogP contribution in [0.5, 0.6) is 0 Å². The Morgan fingerprint density at radius 3 is 1.40 bits per heavy atom.